The lowest BCUT2D eigenvalue weighted by atomic mass is 10.0. The van der Waals surface area contributed by atoms with E-state index in [9.17, 15) is 0 Å². The second-order valence-electron chi connectivity index (χ2n) is 4.65. The number of nitrogens with one attached hydrogen (secondary N) is 1. The van der Waals surface area contributed by atoms with E-state index in [4.69, 9.17) is 4.74 Å². The molecule has 1 unspecified atom stereocenters. The first kappa shape index (κ1) is 14.0. The Morgan fingerprint density at radius 2 is 2.16 bits per heavy atom. The van der Waals surface area contributed by atoms with Crippen LogP contribution in [0.2, 0.25) is 0 Å². The number of nitrogens with zero attached hydrogens (tertiary/aromatic N) is 1. The smallest absolute Gasteiger partial charge is 0.122 e. The molecule has 0 amide bonds. The first-order valence-electron chi connectivity index (χ1n) is 6.37. The number of aromatic nitrogens is 1. The molecule has 0 spiro atoms. The van der Waals surface area contributed by atoms with Crippen LogP contribution in [0.1, 0.15) is 27.9 Å². The summed E-state index contributed by atoms with van der Waals surface area (Å²) in [7, 11) is 3.69. The molecule has 0 radical (unpaired) electrons. The van der Waals surface area contributed by atoms with Gasteiger partial charge in [0.05, 0.1) is 23.9 Å². The Morgan fingerprint density at radius 3 is 2.74 bits per heavy atom. The Morgan fingerprint density at radius 1 is 1.37 bits per heavy atom. The van der Waals surface area contributed by atoms with Crippen LogP contribution < -0.4 is 10.1 Å². The Hall–Kier alpha value is -1.39. The quantitative estimate of drug-likeness (QED) is 0.910. The molecule has 3 nitrogen and oxygen atoms in total. The summed E-state index contributed by atoms with van der Waals surface area (Å²) >= 11 is 1.69. The molecule has 1 heterocycles. The maximum atomic E-state index is 5.44. The van der Waals surface area contributed by atoms with Gasteiger partial charge in [0.15, 0.2) is 0 Å². The standard InChI is InChI=1S/C15H20N2OS/c1-10-5-6-15(18-4)12(7-10)8-13(16-3)14-9-19-11(2)17-14/h5-7,9,13,16H,8H2,1-4H3. The van der Waals surface area contributed by atoms with E-state index in [2.05, 4.69) is 34.7 Å². The average molecular weight is 276 g/mol. The Kier molecular flexibility index (Phi) is 4.56. The van der Waals surface area contributed by atoms with Gasteiger partial charge in [0.2, 0.25) is 0 Å². The van der Waals surface area contributed by atoms with Gasteiger partial charge in [-0.05, 0) is 38.9 Å². The van der Waals surface area contributed by atoms with E-state index >= 15 is 0 Å². The van der Waals surface area contributed by atoms with E-state index in [1.807, 2.05) is 20.0 Å². The fourth-order valence-electron chi connectivity index (χ4n) is 2.18. The van der Waals surface area contributed by atoms with Crippen LogP contribution in [-0.4, -0.2) is 19.1 Å². The lowest BCUT2D eigenvalue weighted by molar-refractivity contribution is 0.406. The molecule has 4 heteroatoms. The molecular weight excluding hydrogens is 256 g/mol. The van der Waals surface area contributed by atoms with Crippen LogP contribution in [0.4, 0.5) is 0 Å². The van der Waals surface area contributed by atoms with Crippen molar-refractivity contribution in [2.45, 2.75) is 26.3 Å². The lowest BCUT2D eigenvalue weighted by Crippen LogP contribution is -2.19. The van der Waals surface area contributed by atoms with Gasteiger partial charge in [-0.3, -0.25) is 0 Å². The number of rotatable bonds is 5. The Labute approximate surface area is 118 Å². The first-order valence-corrected chi connectivity index (χ1v) is 7.24. The van der Waals surface area contributed by atoms with E-state index in [0.29, 0.717) is 0 Å². The fraction of sp³-hybridized carbons (Fsp3) is 0.400. The molecule has 0 aliphatic rings. The Bertz CT molecular complexity index is 551. The van der Waals surface area contributed by atoms with Crippen molar-refractivity contribution in [2.24, 2.45) is 0 Å². The fourth-order valence-corrected chi connectivity index (χ4v) is 2.85. The van der Waals surface area contributed by atoms with E-state index in [-0.39, 0.29) is 6.04 Å². The van der Waals surface area contributed by atoms with Gasteiger partial charge >= 0.3 is 0 Å². The van der Waals surface area contributed by atoms with E-state index in [1.165, 1.54) is 11.1 Å². The molecule has 1 aromatic heterocycles. The number of ether oxygens (including phenoxy) is 1. The van der Waals surface area contributed by atoms with E-state index in [1.54, 1.807) is 18.4 Å². The van der Waals surface area contributed by atoms with Gasteiger partial charge in [-0.1, -0.05) is 17.7 Å². The molecule has 1 N–H and O–H groups in total. The summed E-state index contributed by atoms with van der Waals surface area (Å²) in [6, 6.07) is 6.51. The lowest BCUT2D eigenvalue weighted by Gasteiger charge is -2.16. The summed E-state index contributed by atoms with van der Waals surface area (Å²) in [5.41, 5.74) is 3.57. The molecule has 2 rings (SSSR count). The van der Waals surface area contributed by atoms with Crippen molar-refractivity contribution >= 4 is 11.3 Å². The van der Waals surface area contributed by atoms with Crippen LogP contribution in [0.5, 0.6) is 5.75 Å². The van der Waals surface area contributed by atoms with Gasteiger partial charge in [0.25, 0.3) is 0 Å². The molecular formula is C15H20N2OS. The van der Waals surface area contributed by atoms with Gasteiger partial charge in [0.1, 0.15) is 5.75 Å². The summed E-state index contributed by atoms with van der Waals surface area (Å²) in [4.78, 5) is 4.57. The van der Waals surface area contributed by atoms with Crippen LogP contribution >= 0.6 is 11.3 Å². The van der Waals surface area contributed by atoms with Crippen molar-refractivity contribution in [1.29, 1.82) is 0 Å². The minimum Gasteiger partial charge on any atom is -0.496 e. The number of methoxy groups -OCH3 is 1. The number of benzene rings is 1. The molecule has 0 fully saturated rings. The summed E-state index contributed by atoms with van der Waals surface area (Å²) in [6.45, 7) is 4.14. The molecule has 102 valence electrons. The first-order chi connectivity index (χ1) is 9.13. The molecule has 0 saturated heterocycles. The maximum Gasteiger partial charge on any atom is 0.122 e. The van der Waals surface area contributed by atoms with Gasteiger partial charge in [-0.25, -0.2) is 4.98 Å². The third-order valence-corrected chi connectivity index (χ3v) is 3.99. The summed E-state index contributed by atoms with van der Waals surface area (Å²) in [5, 5.41) is 6.57. The zero-order chi connectivity index (χ0) is 13.8. The largest absolute Gasteiger partial charge is 0.496 e. The molecule has 1 atom stereocenters. The Balaban J connectivity index is 2.25. The molecule has 0 aliphatic heterocycles. The normalized spacial score (nSPS) is 12.4. The number of aryl methyl sites for hydroxylation is 2. The molecule has 1 aromatic carbocycles. The second kappa shape index (κ2) is 6.17. The number of hydrogen-bond donors (Lipinski definition) is 1. The van der Waals surface area contributed by atoms with E-state index in [0.717, 1.165) is 22.9 Å². The number of thiazole rings is 1. The zero-order valence-corrected chi connectivity index (χ0v) is 12.7. The predicted octanol–water partition coefficient (Wildman–Crippen LogP) is 3.27. The minimum absolute atomic E-state index is 0.223. The third-order valence-electron chi connectivity index (χ3n) is 3.20. The SMILES string of the molecule is CNC(Cc1cc(C)ccc1OC)c1csc(C)n1. The highest BCUT2D eigenvalue weighted by atomic mass is 32.1. The van der Waals surface area contributed by atoms with Gasteiger partial charge in [-0.15, -0.1) is 11.3 Å². The minimum atomic E-state index is 0.223. The highest BCUT2D eigenvalue weighted by Crippen LogP contribution is 2.26. The van der Waals surface area contributed by atoms with Crippen LogP contribution in [-0.2, 0) is 6.42 Å². The van der Waals surface area contributed by atoms with Crippen LogP contribution in [0.15, 0.2) is 23.6 Å². The van der Waals surface area contributed by atoms with Crippen molar-refractivity contribution in [2.75, 3.05) is 14.2 Å². The molecule has 19 heavy (non-hydrogen) atoms. The van der Waals surface area contributed by atoms with Crippen molar-refractivity contribution in [3.8, 4) is 5.75 Å². The van der Waals surface area contributed by atoms with Gasteiger partial charge < -0.3 is 10.1 Å². The van der Waals surface area contributed by atoms with Crippen molar-refractivity contribution in [3.05, 3.63) is 45.4 Å². The monoisotopic (exact) mass is 276 g/mol. The maximum absolute atomic E-state index is 5.44. The molecule has 0 bridgehead atoms. The van der Waals surface area contributed by atoms with Crippen LogP contribution in [0.3, 0.4) is 0 Å². The average Bonchev–Trinajstić information content (AvgIpc) is 2.82. The number of hydrogen-bond acceptors (Lipinski definition) is 4. The second-order valence-corrected chi connectivity index (χ2v) is 5.71. The topological polar surface area (TPSA) is 34.1 Å². The van der Waals surface area contributed by atoms with Gasteiger partial charge in [-0.2, -0.15) is 0 Å². The van der Waals surface area contributed by atoms with Crippen molar-refractivity contribution in [3.63, 3.8) is 0 Å². The van der Waals surface area contributed by atoms with Crippen LogP contribution in [0.25, 0.3) is 0 Å². The van der Waals surface area contributed by atoms with Crippen molar-refractivity contribution < 1.29 is 4.74 Å². The number of likely N-dealkylation sites (N-methyl/N-ethyl adjacent to an activating group) is 1. The highest BCUT2D eigenvalue weighted by molar-refractivity contribution is 7.09. The highest BCUT2D eigenvalue weighted by Gasteiger charge is 2.15. The van der Waals surface area contributed by atoms with Gasteiger partial charge in [0, 0.05) is 5.38 Å². The van der Waals surface area contributed by atoms with Crippen LogP contribution in [0, 0.1) is 13.8 Å². The van der Waals surface area contributed by atoms with E-state index < -0.39 is 0 Å². The zero-order valence-electron chi connectivity index (χ0n) is 11.9. The third kappa shape index (κ3) is 3.33. The van der Waals surface area contributed by atoms with Crippen molar-refractivity contribution in [1.82, 2.24) is 10.3 Å². The summed E-state index contributed by atoms with van der Waals surface area (Å²) in [6.07, 6.45) is 0.879. The predicted molar refractivity (Wildman–Crippen MR) is 80.1 cm³/mol. The molecule has 0 aliphatic carbocycles. The molecule has 0 saturated carbocycles. The summed E-state index contributed by atoms with van der Waals surface area (Å²) in [5.74, 6) is 0.942. The summed E-state index contributed by atoms with van der Waals surface area (Å²) < 4.78 is 5.44. The molecule has 2 aromatic rings.